The highest BCUT2D eigenvalue weighted by Gasteiger charge is 2.72. The van der Waals surface area contributed by atoms with Crippen molar-refractivity contribution in [2.45, 2.75) is 69.6 Å². The highest BCUT2D eigenvalue weighted by Crippen LogP contribution is 2.61. The lowest BCUT2D eigenvalue weighted by Gasteiger charge is -2.70. The summed E-state index contributed by atoms with van der Waals surface area (Å²) >= 11 is 0. The minimum Gasteiger partial charge on any atom is -0.462 e. The first-order valence-corrected chi connectivity index (χ1v) is 9.08. The summed E-state index contributed by atoms with van der Waals surface area (Å²) in [6.07, 6.45) is 4.69. The van der Waals surface area contributed by atoms with E-state index in [9.17, 15) is 14.7 Å². The molecule has 2 saturated heterocycles. The number of nitrogens with zero attached hydrogens (tertiary/aromatic N) is 1. The summed E-state index contributed by atoms with van der Waals surface area (Å²) in [4.78, 5) is 26.9. The van der Waals surface area contributed by atoms with Crippen LogP contribution in [0.2, 0.25) is 0 Å². The van der Waals surface area contributed by atoms with E-state index >= 15 is 0 Å². The zero-order valence-corrected chi connectivity index (χ0v) is 14.1. The monoisotopic (exact) mass is 321 g/mol. The van der Waals surface area contributed by atoms with E-state index in [-0.39, 0.29) is 41.1 Å². The van der Waals surface area contributed by atoms with Crippen LogP contribution >= 0.6 is 0 Å². The van der Waals surface area contributed by atoms with Crippen LogP contribution in [0.25, 0.3) is 0 Å². The molecule has 1 spiro atoms. The molecule has 2 bridgehead atoms. The fourth-order valence-corrected chi connectivity index (χ4v) is 6.46. The number of aliphatic hydroxyl groups is 1. The molecule has 5 nitrogen and oxygen atoms in total. The molecule has 2 aliphatic carbocycles. The molecule has 0 radical (unpaired) electrons. The van der Waals surface area contributed by atoms with E-state index in [0.717, 1.165) is 32.4 Å². The van der Waals surface area contributed by atoms with Crippen molar-refractivity contribution in [1.82, 2.24) is 4.90 Å². The molecule has 0 aromatic carbocycles. The molecule has 0 amide bonds. The number of piperidine rings is 2. The lowest BCUT2D eigenvalue weighted by atomic mass is 9.45. The van der Waals surface area contributed by atoms with Gasteiger partial charge in [-0.1, -0.05) is 6.92 Å². The number of carbonyl (C=O) groups excluding carboxylic acids is 2. The molecule has 128 valence electrons. The van der Waals surface area contributed by atoms with Crippen molar-refractivity contribution in [1.29, 1.82) is 0 Å². The molecule has 0 aromatic heterocycles. The predicted octanol–water partition coefficient (Wildman–Crippen LogP) is 1.52. The van der Waals surface area contributed by atoms with Gasteiger partial charge in [-0.2, -0.15) is 0 Å². The van der Waals surface area contributed by atoms with Gasteiger partial charge in [0.2, 0.25) is 0 Å². The Bertz CT molecular complexity index is 547. The molecule has 5 heteroatoms. The Balaban J connectivity index is 1.84. The van der Waals surface area contributed by atoms with Crippen LogP contribution in [0.4, 0.5) is 0 Å². The van der Waals surface area contributed by atoms with E-state index in [4.69, 9.17) is 4.74 Å². The van der Waals surface area contributed by atoms with Gasteiger partial charge in [0.05, 0.1) is 17.1 Å². The summed E-state index contributed by atoms with van der Waals surface area (Å²) < 4.78 is 5.66. The first-order valence-electron chi connectivity index (χ1n) is 9.08. The second-order valence-electron chi connectivity index (χ2n) is 8.13. The molecule has 1 N–H and O–H groups in total. The lowest BCUT2D eigenvalue weighted by Crippen LogP contribution is -2.82. The van der Waals surface area contributed by atoms with Crippen molar-refractivity contribution in [2.75, 3.05) is 13.1 Å². The molecule has 2 heterocycles. The van der Waals surface area contributed by atoms with E-state index in [2.05, 4.69) is 4.90 Å². The topological polar surface area (TPSA) is 66.8 Å². The molecule has 23 heavy (non-hydrogen) atoms. The fourth-order valence-electron chi connectivity index (χ4n) is 6.46. The Morgan fingerprint density at radius 1 is 1.35 bits per heavy atom. The largest absolute Gasteiger partial charge is 0.462 e. The van der Waals surface area contributed by atoms with Gasteiger partial charge in [0.25, 0.3) is 0 Å². The summed E-state index contributed by atoms with van der Waals surface area (Å²) in [6.45, 7) is 5.42. The third-order valence-electron chi connectivity index (χ3n) is 7.11. The van der Waals surface area contributed by atoms with Gasteiger partial charge in [-0.05, 0) is 51.6 Å². The van der Waals surface area contributed by atoms with Crippen molar-refractivity contribution >= 4 is 11.8 Å². The minimum absolute atomic E-state index is 0.0141. The maximum absolute atomic E-state index is 12.8. The van der Waals surface area contributed by atoms with E-state index in [0.29, 0.717) is 19.3 Å². The maximum atomic E-state index is 12.8. The van der Waals surface area contributed by atoms with Crippen LogP contribution in [0, 0.1) is 17.8 Å². The lowest BCUT2D eigenvalue weighted by molar-refractivity contribution is -0.270. The normalized spacial score (nSPS) is 49.4. The second kappa shape index (κ2) is 5.03. The molecular weight excluding hydrogens is 294 g/mol. The quantitative estimate of drug-likeness (QED) is 0.742. The van der Waals surface area contributed by atoms with Gasteiger partial charge in [-0.3, -0.25) is 14.5 Å². The predicted molar refractivity (Wildman–Crippen MR) is 83.7 cm³/mol. The SMILES string of the molecule is CC(=O)O[C@@H]1C[C@@H]2C(=O)[C@@H](C)C[C@@]34[C@@H]1CCCN3CCC[C@]24O. The highest BCUT2D eigenvalue weighted by atomic mass is 16.5. The number of hydrogen-bond acceptors (Lipinski definition) is 5. The summed E-state index contributed by atoms with van der Waals surface area (Å²) in [5.41, 5.74) is -1.31. The Morgan fingerprint density at radius 3 is 2.83 bits per heavy atom. The number of hydrogen-bond donors (Lipinski definition) is 1. The van der Waals surface area contributed by atoms with E-state index in [1.54, 1.807) is 0 Å². The molecule has 2 saturated carbocycles. The molecule has 6 atom stereocenters. The number of carbonyl (C=O) groups is 2. The van der Waals surface area contributed by atoms with Crippen molar-refractivity contribution in [2.24, 2.45) is 17.8 Å². The number of ketones is 1. The second-order valence-corrected chi connectivity index (χ2v) is 8.13. The average molecular weight is 321 g/mol. The van der Waals surface area contributed by atoms with Gasteiger partial charge < -0.3 is 9.84 Å². The van der Waals surface area contributed by atoms with Crippen LogP contribution in [0.1, 0.15) is 52.4 Å². The number of rotatable bonds is 1. The molecular formula is C18H27NO4. The smallest absolute Gasteiger partial charge is 0.302 e. The van der Waals surface area contributed by atoms with Gasteiger partial charge in [-0.15, -0.1) is 0 Å². The fraction of sp³-hybridized carbons (Fsp3) is 0.889. The van der Waals surface area contributed by atoms with Crippen molar-refractivity contribution < 1.29 is 19.4 Å². The third-order valence-corrected chi connectivity index (χ3v) is 7.11. The Morgan fingerprint density at radius 2 is 2.09 bits per heavy atom. The standard InChI is InChI=1S/C18H27NO4/c1-11-10-17-13-5-3-7-19(17)8-4-6-18(17,22)14(16(11)21)9-15(13)23-12(2)20/h11,13-15,22H,3-10H2,1-2H3/t11-,13+,14+,15+,17-,18-/m0/s1. The minimum atomic E-state index is -0.934. The number of esters is 1. The van der Waals surface area contributed by atoms with Gasteiger partial charge in [0.1, 0.15) is 11.9 Å². The first-order chi connectivity index (χ1) is 10.9. The van der Waals surface area contributed by atoms with Crippen LogP contribution in [-0.4, -0.2) is 52.1 Å². The summed E-state index contributed by atoms with van der Waals surface area (Å²) in [6, 6.07) is 0. The van der Waals surface area contributed by atoms with Gasteiger partial charge in [0.15, 0.2) is 0 Å². The molecule has 4 aliphatic rings. The molecule has 4 fully saturated rings. The zero-order valence-electron chi connectivity index (χ0n) is 14.1. The van der Waals surface area contributed by atoms with Crippen LogP contribution in [0.5, 0.6) is 0 Å². The van der Waals surface area contributed by atoms with E-state index in [1.807, 2.05) is 6.92 Å². The third kappa shape index (κ3) is 1.86. The highest BCUT2D eigenvalue weighted by molar-refractivity contribution is 5.86. The van der Waals surface area contributed by atoms with E-state index in [1.165, 1.54) is 6.92 Å². The zero-order chi connectivity index (χ0) is 16.4. The van der Waals surface area contributed by atoms with Gasteiger partial charge in [0, 0.05) is 18.8 Å². The Hall–Kier alpha value is -0.940. The van der Waals surface area contributed by atoms with Crippen molar-refractivity contribution in [3.8, 4) is 0 Å². The van der Waals surface area contributed by atoms with Crippen molar-refractivity contribution in [3.63, 3.8) is 0 Å². The number of ether oxygens (including phenoxy) is 1. The summed E-state index contributed by atoms with van der Waals surface area (Å²) in [5.74, 6) is -0.353. The summed E-state index contributed by atoms with van der Waals surface area (Å²) in [7, 11) is 0. The van der Waals surface area contributed by atoms with Crippen LogP contribution in [-0.2, 0) is 14.3 Å². The summed E-state index contributed by atoms with van der Waals surface area (Å²) in [5, 5.41) is 11.7. The Labute approximate surface area is 137 Å². The molecule has 4 rings (SSSR count). The van der Waals surface area contributed by atoms with Crippen molar-refractivity contribution in [3.05, 3.63) is 0 Å². The molecule has 0 aromatic rings. The van der Waals surface area contributed by atoms with Gasteiger partial charge >= 0.3 is 5.97 Å². The molecule has 2 aliphatic heterocycles. The average Bonchev–Trinajstić information content (AvgIpc) is 2.48. The first kappa shape index (κ1) is 15.6. The van der Waals surface area contributed by atoms with Crippen LogP contribution in [0.15, 0.2) is 0 Å². The van der Waals surface area contributed by atoms with E-state index < -0.39 is 5.60 Å². The van der Waals surface area contributed by atoms with Gasteiger partial charge in [-0.25, -0.2) is 0 Å². The maximum Gasteiger partial charge on any atom is 0.302 e. The number of Topliss-reactive ketones (excluding diaryl/α,β-unsaturated/α-hetero) is 1. The van der Waals surface area contributed by atoms with Crippen LogP contribution in [0.3, 0.4) is 0 Å². The van der Waals surface area contributed by atoms with Crippen LogP contribution < -0.4 is 0 Å². The Kier molecular flexibility index (Phi) is 3.40. The molecule has 0 unspecified atom stereocenters.